The maximum absolute atomic E-state index is 13.0. The molecule has 4 heterocycles. The zero-order valence-electron chi connectivity index (χ0n) is 14.1. The van der Waals surface area contributed by atoms with Crippen LogP contribution in [0.2, 0.25) is 0 Å². The number of hydrogen-bond donors (Lipinski definition) is 0. The summed E-state index contributed by atoms with van der Waals surface area (Å²) in [5, 5.41) is 0. The third-order valence-electron chi connectivity index (χ3n) is 4.70. The number of rotatable bonds is 3. The Bertz CT molecular complexity index is 869. The minimum absolute atomic E-state index is 0.0474. The summed E-state index contributed by atoms with van der Waals surface area (Å²) in [4.78, 5) is 27.5. The van der Waals surface area contributed by atoms with Gasteiger partial charge in [-0.15, -0.1) is 0 Å². The van der Waals surface area contributed by atoms with Crippen molar-refractivity contribution in [3.05, 3.63) is 60.8 Å². The number of nitrogens with zero attached hydrogens (tertiary/aromatic N) is 6. The van der Waals surface area contributed by atoms with Crippen molar-refractivity contribution in [3.63, 3.8) is 0 Å². The number of carbonyl (C=O) groups excluding carboxylic acids is 1. The summed E-state index contributed by atoms with van der Waals surface area (Å²) in [6.07, 6.45) is 12.7. The van der Waals surface area contributed by atoms with Crippen LogP contribution in [0.3, 0.4) is 0 Å². The van der Waals surface area contributed by atoms with E-state index in [2.05, 4.69) is 19.5 Å². The fraction of sp³-hybridized carbons (Fsp3) is 0.333. The van der Waals surface area contributed by atoms with Crippen molar-refractivity contribution in [2.45, 2.75) is 25.8 Å². The van der Waals surface area contributed by atoms with Gasteiger partial charge in [0, 0.05) is 49.6 Å². The molecule has 7 heteroatoms. The van der Waals surface area contributed by atoms with E-state index in [1.54, 1.807) is 29.4 Å². The normalized spacial score (nSPS) is 17.6. The van der Waals surface area contributed by atoms with Crippen LogP contribution in [0, 0.1) is 6.92 Å². The molecule has 1 fully saturated rings. The van der Waals surface area contributed by atoms with Crippen molar-refractivity contribution < 1.29 is 4.79 Å². The Labute approximate surface area is 146 Å². The Hall–Kier alpha value is -2.96. The van der Waals surface area contributed by atoms with Crippen LogP contribution in [0.25, 0.3) is 5.82 Å². The molecular formula is C18H20N6O. The standard InChI is InChI=1S/C18H20N6O/c1-14-20-7-10-24(14)16-3-2-8-22(12-16)18(25)15-4-5-21-17(11-15)23-9-6-19-13-23/h4-7,9-11,13,16H,2-3,8,12H2,1H3/t16-/m0/s1. The molecule has 3 aromatic heterocycles. The van der Waals surface area contributed by atoms with Gasteiger partial charge in [-0.05, 0) is 31.9 Å². The lowest BCUT2D eigenvalue weighted by atomic mass is 10.0. The van der Waals surface area contributed by atoms with Crippen molar-refractivity contribution in [3.8, 4) is 5.82 Å². The molecule has 1 saturated heterocycles. The predicted molar refractivity (Wildman–Crippen MR) is 92.5 cm³/mol. The van der Waals surface area contributed by atoms with Crippen molar-refractivity contribution in [2.24, 2.45) is 0 Å². The highest BCUT2D eigenvalue weighted by molar-refractivity contribution is 5.94. The number of imidazole rings is 2. The van der Waals surface area contributed by atoms with E-state index in [1.807, 2.05) is 36.5 Å². The van der Waals surface area contributed by atoms with Gasteiger partial charge in [0.05, 0.1) is 6.04 Å². The van der Waals surface area contributed by atoms with Crippen LogP contribution in [-0.4, -0.2) is 48.0 Å². The van der Waals surface area contributed by atoms with E-state index >= 15 is 0 Å². The Morgan fingerprint density at radius 1 is 1.20 bits per heavy atom. The van der Waals surface area contributed by atoms with Gasteiger partial charge in [0.15, 0.2) is 0 Å². The van der Waals surface area contributed by atoms with E-state index < -0.39 is 0 Å². The molecule has 1 aliphatic rings. The lowest BCUT2D eigenvalue weighted by Gasteiger charge is -2.34. The number of hydrogen-bond acceptors (Lipinski definition) is 4. The van der Waals surface area contributed by atoms with Gasteiger partial charge in [0.1, 0.15) is 18.0 Å². The third-order valence-corrected chi connectivity index (χ3v) is 4.70. The number of pyridine rings is 1. The summed E-state index contributed by atoms with van der Waals surface area (Å²) < 4.78 is 3.97. The predicted octanol–water partition coefficient (Wildman–Crippen LogP) is 2.25. The molecule has 1 amide bonds. The zero-order chi connectivity index (χ0) is 17.2. The Kier molecular flexibility index (Phi) is 4.05. The molecule has 0 N–H and O–H groups in total. The van der Waals surface area contributed by atoms with E-state index in [9.17, 15) is 4.79 Å². The van der Waals surface area contributed by atoms with Gasteiger partial charge < -0.3 is 9.47 Å². The van der Waals surface area contributed by atoms with Crippen molar-refractivity contribution in [1.82, 2.24) is 29.0 Å². The monoisotopic (exact) mass is 336 g/mol. The second kappa shape index (κ2) is 6.51. The Morgan fingerprint density at radius 3 is 2.88 bits per heavy atom. The van der Waals surface area contributed by atoms with Crippen LogP contribution in [0.4, 0.5) is 0 Å². The van der Waals surface area contributed by atoms with Crippen molar-refractivity contribution in [2.75, 3.05) is 13.1 Å². The van der Waals surface area contributed by atoms with Crippen molar-refractivity contribution in [1.29, 1.82) is 0 Å². The minimum atomic E-state index is 0.0474. The largest absolute Gasteiger partial charge is 0.337 e. The van der Waals surface area contributed by atoms with Crippen molar-refractivity contribution >= 4 is 5.91 Å². The molecule has 7 nitrogen and oxygen atoms in total. The smallest absolute Gasteiger partial charge is 0.254 e. The number of aromatic nitrogens is 5. The highest BCUT2D eigenvalue weighted by atomic mass is 16.2. The molecule has 1 aliphatic heterocycles. The van der Waals surface area contributed by atoms with E-state index in [0.717, 1.165) is 25.2 Å². The molecule has 0 aliphatic carbocycles. The Morgan fingerprint density at radius 2 is 2.12 bits per heavy atom. The third kappa shape index (κ3) is 3.05. The maximum Gasteiger partial charge on any atom is 0.254 e. The fourth-order valence-electron chi connectivity index (χ4n) is 3.41. The second-order valence-corrected chi connectivity index (χ2v) is 6.30. The maximum atomic E-state index is 13.0. The summed E-state index contributed by atoms with van der Waals surface area (Å²) >= 11 is 0. The molecule has 25 heavy (non-hydrogen) atoms. The van der Waals surface area contributed by atoms with Gasteiger partial charge in [-0.1, -0.05) is 0 Å². The average Bonchev–Trinajstić information content (AvgIpc) is 3.33. The highest BCUT2D eigenvalue weighted by Gasteiger charge is 2.26. The summed E-state index contributed by atoms with van der Waals surface area (Å²) in [6.45, 7) is 3.49. The molecule has 0 bridgehead atoms. The molecular weight excluding hydrogens is 316 g/mol. The first-order valence-corrected chi connectivity index (χ1v) is 8.45. The summed E-state index contributed by atoms with van der Waals surface area (Å²) in [5.41, 5.74) is 0.654. The van der Waals surface area contributed by atoms with Gasteiger partial charge in [-0.2, -0.15) is 0 Å². The number of amides is 1. The fourth-order valence-corrected chi connectivity index (χ4v) is 3.41. The molecule has 3 aromatic rings. The summed E-state index contributed by atoms with van der Waals surface area (Å²) in [6, 6.07) is 3.88. The average molecular weight is 336 g/mol. The van der Waals surface area contributed by atoms with Gasteiger partial charge in [0.2, 0.25) is 0 Å². The lowest BCUT2D eigenvalue weighted by molar-refractivity contribution is 0.0678. The molecule has 1 atom stereocenters. The van der Waals surface area contributed by atoms with Gasteiger partial charge >= 0.3 is 0 Å². The second-order valence-electron chi connectivity index (χ2n) is 6.30. The Balaban J connectivity index is 1.54. The zero-order valence-corrected chi connectivity index (χ0v) is 14.1. The molecule has 0 aromatic carbocycles. The van der Waals surface area contributed by atoms with Crippen LogP contribution in [0.15, 0.2) is 49.4 Å². The first kappa shape index (κ1) is 15.6. The van der Waals surface area contributed by atoms with E-state index in [-0.39, 0.29) is 11.9 Å². The topological polar surface area (TPSA) is 68.8 Å². The summed E-state index contributed by atoms with van der Waals surface area (Å²) in [5.74, 6) is 1.74. The minimum Gasteiger partial charge on any atom is -0.337 e. The number of carbonyl (C=O) groups is 1. The summed E-state index contributed by atoms with van der Waals surface area (Å²) in [7, 11) is 0. The number of aryl methyl sites for hydroxylation is 1. The molecule has 0 unspecified atom stereocenters. The van der Waals surface area contributed by atoms with Crippen LogP contribution in [0.1, 0.15) is 35.1 Å². The van der Waals surface area contributed by atoms with Gasteiger partial charge in [0.25, 0.3) is 5.91 Å². The number of likely N-dealkylation sites (tertiary alicyclic amines) is 1. The van der Waals surface area contributed by atoms with E-state index in [1.165, 1.54) is 0 Å². The SMILES string of the molecule is Cc1nccn1[C@H]1CCCN(C(=O)c2ccnc(-n3ccnc3)c2)C1. The van der Waals surface area contributed by atoms with Crippen LogP contribution < -0.4 is 0 Å². The van der Waals surface area contributed by atoms with Crippen LogP contribution in [-0.2, 0) is 0 Å². The van der Waals surface area contributed by atoms with Crippen LogP contribution in [0.5, 0.6) is 0 Å². The first-order chi connectivity index (χ1) is 12.2. The van der Waals surface area contributed by atoms with E-state index in [4.69, 9.17) is 0 Å². The van der Waals surface area contributed by atoms with Crippen LogP contribution >= 0.6 is 0 Å². The lowest BCUT2D eigenvalue weighted by Crippen LogP contribution is -2.40. The molecule has 128 valence electrons. The first-order valence-electron chi connectivity index (χ1n) is 8.45. The van der Waals surface area contributed by atoms with E-state index in [0.29, 0.717) is 17.9 Å². The molecule has 4 rings (SSSR count). The molecule has 0 saturated carbocycles. The molecule has 0 radical (unpaired) electrons. The quantitative estimate of drug-likeness (QED) is 0.736. The molecule has 0 spiro atoms. The van der Waals surface area contributed by atoms with Gasteiger partial charge in [-0.25, -0.2) is 15.0 Å². The van der Waals surface area contributed by atoms with Gasteiger partial charge in [-0.3, -0.25) is 9.36 Å². The number of piperidine rings is 1. The highest BCUT2D eigenvalue weighted by Crippen LogP contribution is 2.24.